The summed E-state index contributed by atoms with van der Waals surface area (Å²) in [6, 6.07) is 0. The average molecular weight is 179 g/mol. The molecule has 0 amide bonds. The predicted molar refractivity (Wildman–Crippen MR) is 52.2 cm³/mol. The maximum atomic E-state index is 6.28. The molecule has 1 aromatic heterocycles. The lowest BCUT2D eigenvalue weighted by atomic mass is 10.00. The number of aromatic nitrogens is 2. The number of nitrogens with zero attached hydrogens (tertiary/aromatic N) is 2. The van der Waals surface area contributed by atoms with Crippen molar-refractivity contribution >= 4 is 0 Å². The fraction of sp³-hybridized carbons (Fsp3) is 0.700. The summed E-state index contributed by atoms with van der Waals surface area (Å²) in [4.78, 5) is 0. The Kier molecular flexibility index (Phi) is 1.45. The van der Waals surface area contributed by atoms with E-state index in [0.717, 1.165) is 12.1 Å². The van der Waals surface area contributed by atoms with E-state index in [1.54, 1.807) is 0 Å². The van der Waals surface area contributed by atoms with Crippen LogP contribution in [0.1, 0.15) is 31.5 Å². The van der Waals surface area contributed by atoms with Crippen molar-refractivity contribution in [2.24, 2.45) is 18.2 Å². The standard InChI is InChI=1S/C10H17N3/c1-7-5-13(4)12-8(7)10(11)6-9(10,2)3/h5H,6,11H2,1-4H3. The molecule has 13 heavy (non-hydrogen) atoms. The molecule has 72 valence electrons. The Morgan fingerprint density at radius 2 is 2.08 bits per heavy atom. The number of rotatable bonds is 1. The van der Waals surface area contributed by atoms with E-state index in [0.29, 0.717) is 0 Å². The van der Waals surface area contributed by atoms with Gasteiger partial charge in [-0.1, -0.05) is 13.8 Å². The normalized spacial score (nSPS) is 30.5. The molecule has 1 aliphatic rings. The van der Waals surface area contributed by atoms with Crippen LogP contribution in [0.15, 0.2) is 6.20 Å². The first-order valence-electron chi connectivity index (χ1n) is 4.66. The first kappa shape index (κ1) is 8.75. The zero-order valence-corrected chi connectivity index (χ0v) is 8.76. The Morgan fingerprint density at radius 3 is 2.38 bits per heavy atom. The quantitative estimate of drug-likeness (QED) is 0.706. The van der Waals surface area contributed by atoms with Crippen molar-refractivity contribution in [3.63, 3.8) is 0 Å². The molecule has 1 saturated carbocycles. The van der Waals surface area contributed by atoms with E-state index in [4.69, 9.17) is 5.73 Å². The molecule has 2 N–H and O–H groups in total. The Labute approximate surface area is 78.9 Å². The molecular formula is C10H17N3. The van der Waals surface area contributed by atoms with Crippen molar-refractivity contribution in [2.75, 3.05) is 0 Å². The van der Waals surface area contributed by atoms with E-state index in [2.05, 4.69) is 25.9 Å². The highest BCUT2D eigenvalue weighted by molar-refractivity contribution is 5.34. The first-order chi connectivity index (χ1) is 5.87. The second-order valence-corrected chi connectivity index (χ2v) is 4.87. The monoisotopic (exact) mass is 179 g/mol. The van der Waals surface area contributed by atoms with E-state index in [1.165, 1.54) is 5.56 Å². The molecule has 1 atom stereocenters. The maximum Gasteiger partial charge on any atom is 0.0857 e. The zero-order valence-electron chi connectivity index (χ0n) is 8.76. The Bertz CT molecular complexity index is 351. The van der Waals surface area contributed by atoms with Crippen LogP contribution in [-0.2, 0) is 12.6 Å². The molecule has 3 heteroatoms. The van der Waals surface area contributed by atoms with Crippen molar-refractivity contribution in [3.05, 3.63) is 17.5 Å². The maximum absolute atomic E-state index is 6.28. The van der Waals surface area contributed by atoms with E-state index in [1.807, 2.05) is 17.9 Å². The largest absolute Gasteiger partial charge is 0.320 e. The fourth-order valence-electron chi connectivity index (χ4n) is 2.11. The summed E-state index contributed by atoms with van der Waals surface area (Å²) < 4.78 is 1.84. The van der Waals surface area contributed by atoms with Gasteiger partial charge in [0.25, 0.3) is 0 Å². The van der Waals surface area contributed by atoms with Crippen LogP contribution >= 0.6 is 0 Å². The Balaban J connectivity index is 2.43. The molecule has 1 unspecified atom stereocenters. The van der Waals surface area contributed by atoms with Crippen LogP contribution in [0, 0.1) is 12.3 Å². The molecule has 3 nitrogen and oxygen atoms in total. The third-order valence-electron chi connectivity index (χ3n) is 3.24. The highest BCUT2D eigenvalue weighted by atomic mass is 15.3. The number of hydrogen-bond acceptors (Lipinski definition) is 2. The fourth-order valence-corrected chi connectivity index (χ4v) is 2.11. The minimum Gasteiger partial charge on any atom is -0.320 e. The van der Waals surface area contributed by atoms with Crippen LogP contribution in [0.4, 0.5) is 0 Å². The summed E-state index contributed by atoms with van der Waals surface area (Å²) in [5.74, 6) is 0. The highest BCUT2D eigenvalue weighted by Crippen LogP contribution is 2.60. The topological polar surface area (TPSA) is 43.8 Å². The van der Waals surface area contributed by atoms with Crippen LogP contribution in [0.3, 0.4) is 0 Å². The van der Waals surface area contributed by atoms with Crippen LogP contribution in [0.5, 0.6) is 0 Å². The van der Waals surface area contributed by atoms with Gasteiger partial charge in [0.2, 0.25) is 0 Å². The van der Waals surface area contributed by atoms with Crippen LogP contribution in [0.2, 0.25) is 0 Å². The molecule has 0 spiro atoms. The van der Waals surface area contributed by atoms with Crippen LogP contribution in [-0.4, -0.2) is 9.78 Å². The third kappa shape index (κ3) is 1.03. The summed E-state index contributed by atoms with van der Waals surface area (Å²) >= 11 is 0. The minimum atomic E-state index is -0.182. The van der Waals surface area contributed by atoms with Gasteiger partial charge >= 0.3 is 0 Å². The first-order valence-corrected chi connectivity index (χ1v) is 4.66. The van der Waals surface area contributed by atoms with Gasteiger partial charge in [-0.2, -0.15) is 5.10 Å². The lowest BCUT2D eigenvalue weighted by Crippen LogP contribution is -2.27. The second kappa shape index (κ2) is 2.15. The van der Waals surface area contributed by atoms with Crippen molar-refractivity contribution in [1.82, 2.24) is 9.78 Å². The van der Waals surface area contributed by atoms with Crippen molar-refractivity contribution in [1.29, 1.82) is 0 Å². The molecule has 2 rings (SSSR count). The lowest BCUT2D eigenvalue weighted by molar-refractivity contribution is 0.492. The summed E-state index contributed by atoms with van der Waals surface area (Å²) in [6.45, 7) is 6.47. The number of nitrogens with two attached hydrogens (primary N) is 1. The second-order valence-electron chi connectivity index (χ2n) is 4.87. The molecule has 0 aromatic carbocycles. The van der Waals surface area contributed by atoms with Crippen molar-refractivity contribution < 1.29 is 0 Å². The van der Waals surface area contributed by atoms with Gasteiger partial charge in [0.1, 0.15) is 0 Å². The summed E-state index contributed by atoms with van der Waals surface area (Å²) in [7, 11) is 1.94. The summed E-state index contributed by atoms with van der Waals surface area (Å²) in [5.41, 5.74) is 8.59. The smallest absolute Gasteiger partial charge is 0.0857 e. The molecule has 1 aliphatic carbocycles. The van der Waals surface area contributed by atoms with E-state index >= 15 is 0 Å². The molecule has 0 aliphatic heterocycles. The minimum absolute atomic E-state index is 0.182. The van der Waals surface area contributed by atoms with Crippen molar-refractivity contribution in [3.8, 4) is 0 Å². The van der Waals surface area contributed by atoms with Crippen LogP contribution in [0.25, 0.3) is 0 Å². The molecule has 0 radical (unpaired) electrons. The molecule has 1 heterocycles. The number of aryl methyl sites for hydroxylation is 2. The third-order valence-corrected chi connectivity index (χ3v) is 3.24. The van der Waals surface area contributed by atoms with Gasteiger partial charge in [0, 0.05) is 13.2 Å². The molecule has 0 saturated heterocycles. The van der Waals surface area contributed by atoms with Crippen molar-refractivity contribution in [2.45, 2.75) is 32.7 Å². The average Bonchev–Trinajstić information content (AvgIpc) is 2.34. The van der Waals surface area contributed by atoms with Gasteiger partial charge in [0.05, 0.1) is 11.2 Å². The molecular weight excluding hydrogens is 162 g/mol. The SMILES string of the molecule is Cc1cn(C)nc1C1(N)CC1(C)C. The lowest BCUT2D eigenvalue weighted by Gasteiger charge is -2.12. The molecule has 0 bridgehead atoms. The van der Waals surface area contributed by atoms with E-state index in [9.17, 15) is 0 Å². The van der Waals surface area contributed by atoms with Gasteiger partial charge in [0.15, 0.2) is 0 Å². The predicted octanol–water partition coefficient (Wildman–Crippen LogP) is 1.31. The van der Waals surface area contributed by atoms with Gasteiger partial charge in [-0.05, 0) is 24.3 Å². The molecule has 1 fully saturated rings. The number of hydrogen-bond donors (Lipinski definition) is 1. The highest BCUT2D eigenvalue weighted by Gasteiger charge is 2.61. The van der Waals surface area contributed by atoms with E-state index < -0.39 is 0 Å². The van der Waals surface area contributed by atoms with Crippen LogP contribution < -0.4 is 5.73 Å². The zero-order chi connectivity index (χ0) is 9.85. The Morgan fingerprint density at radius 1 is 1.54 bits per heavy atom. The summed E-state index contributed by atoms with van der Waals surface area (Å²) in [6.07, 6.45) is 3.07. The van der Waals surface area contributed by atoms with Gasteiger partial charge < -0.3 is 5.73 Å². The Hall–Kier alpha value is -0.830. The van der Waals surface area contributed by atoms with Gasteiger partial charge in [-0.3, -0.25) is 4.68 Å². The summed E-state index contributed by atoms with van der Waals surface area (Å²) in [5, 5.41) is 4.43. The van der Waals surface area contributed by atoms with E-state index in [-0.39, 0.29) is 11.0 Å². The van der Waals surface area contributed by atoms with Gasteiger partial charge in [-0.25, -0.2) is 0 Å². The van der Waals surface area contributed by atoms with Gasteiger partial charge in [-0.15, -0.1) is 0 Å². The molecule has 1 aromatic rings.